The molecule has 1 aromatic heterocycles. The second kappa shape index (κ2) is 10.3. The molecule has 1 heterocycles. The normalized spacial score (nSPS) is 12.9. The summed E-state index contributed by atoms with van der Waals surface area (Å²) in [4.78, 5) is 1.48. The number of benzene rings is 1. The van der Waals surface area contributed by atoms with Crippen LogP contribution in [-0.2, 0) is 11.3 Å². The van der Waals surface area contributed by atoms with E-state index in [1.54, 1.807) is 7.11 Å². The molecule has 8 heteroatoms. The van der Waals surface area contributed by atoms with Gasteiger partial charge in [-0.1, -0.05) is 18.2 Å². The van der Waals surface area contributed by atoms with Gasteiger partial charge in [-0.15, -0.1) is 10.2 Å². The van der Waals surface area contributed by atoms with E-state index in [1.807, 2.05) is 35.8 Å². The topological polar surface area (TPSA) is 75.6 Å². The van der Waals surface area contributed by atoms with Gasteiger partial charge in [0.15, 0.2) is 5.69 Å². The Morgan fingerprint density at radius 1 is 1.33 bits per heavy atom. The van der Waals surface area contributed by atoms with E-state index in [-0.39, 0.29) is 17.0 Å². The highest BCUT2D eigenvalue weighted by Gasteiger charge is 2.17. The molecule has 0 saturated carbocycles. The number of nitrogens with one attached hydrogen (secondary N) is 2. The monoisotopic (exact) mass is 392 g/mol. The molecule has 27 heavy (non-hydrogen) atoms. The molecule has 148 valence electrons. The zero-order valence-corrected chi connectivity index (χ0v) is 17.3. The predicted molar refractivity (Wildman–Crippen MR) is 112 cm³/mol. The van der Waals surface area contributed by atoms with Crippen LogP contribution in [-0.4, -0.2) is 54.2 Å². The fraction of sp³-hybridized carbons (Fsp3) is 0.526. The van der Waals surface area contributed by atoms with E-state index >= 15 is 0 Å². The molecule has 0 aliphatic rings. The molecule has 0 amide bonds. The van der Waals surface area contributed by atoms with Crippen molar-refractivity contribution in [2.24, 2.45) is 10.2 Å². The van der Waals surface area contributed by atoms with Crippen molar-refractivity contribution in [3.63, 3.8) is 0 Å². The second-order valence-electron chi connectivity index (χ2n) is 6.55. The molecule has 3 N–H and O–H groups in total. The standard InChI is InChI=1S/C19H29N5O2S/c1-5-23(6-2)11-12-24-16-10-8-7-9-15(16)17(18(24)25)21-22-19(27)20-14(3)13-26-4/h7-10,14,25H,5-6,11-13H2,1-4H3,(H,20,27)/p+1/t14-/m1/s1. The van der Waals surface area contributed by atoms with Crippen molar-refractivity contribution in [1.82, 2.24) is 9.88 Å². The van der Waals surface area contributed by atoms with Crippen molar-refractivity contribution in [2.75, 3.05) is 33.4 Å². The van der Waals surface area contributed by atoms with Gasteiger partial charge in [0.1, 0.15) is 0 Å². The molecule has 1 aromatic carbocycles. The third kappa shape index (κ3) is 5.47. The highest BCUT2D eigenvalue weighted by Crippen LogP contribution is 2.38. The molecular weight excluding hydrogens is 362 g/mol. The minimum Gasteiger partial charge on any atom is -0.493 e. The Morgan fingerprint density at radius 3 is 2.70 bits per heavy atom. The second-order valence-corrected chi connectivity index (χ2v) is 6.94. The van der Waals surface area contributed by atoms with Gasteiger partial charge in [0, 0.05) is 18.5 Å². The summed E-state index contributed by atoms with van der Waals surface area (Å²) in [7, 11) is 1.63. The first-order valence-corrected chi connectivity index (χ1v) is 9.77. The number of fused-ring (bicyclic) bond motifs is 1. The summed E-state index contributed by atoms with van der Waals surface area (Å²) in [6.45, 7) is 10.6. The zero-order chi connectivity index (χ0) is 19.8. The summed E-state index contributed by atoms with van der Waals surface area (Å²) in [6, 6.07) is 7.85. The first kappa shape index (κ1) is 21.3. The number of rotatable bonds is 9. The summed E-state index contributed by atoms with van der Waals surface area (Å²) in [5.41, 5.74) is 1.39. The van der Waals surface area contributed by atoms with Crippen molar-refractivity contribution >= 4 is 33.9 Å². The average Bonchev–Trinajstić information content (AvgIpc) is 2.92. The summed E-state index contributed by atoms with van der Waals surface area (Å²) in [5, 5.41) is 23.2. The number of hydrogen-bond acceptors (Lipinski definition) is 4. The van der Waals surface area contributed by atoms with Crippen LogP contribution >= 0.6 is 12.2 Å². The number of para-hydroxylation sites is 1. The minimum atomic E-state index is 0.0356. The first-order valence-electron chi connectivity index (χ1n) is 9.36. The number of azo groups is 1. The predicted octanol–water partition coefficient (Wildman–Crippen LogP) is 2.26. The van der Waals surface area contributed by atoms with Gasteiger partial charge in [0.05, 0.1) is 38.3 Å². The fourth-order valence-electron chi connectivity index (χ4n) is 3.10. The van der Waals surface area contributed by atoms with Crippen molar-refractivity contribution in [3.05, 3.63) is 24.3 Å². The Morgan fingerprint density at radius 2 is 2.04 bits per heavy atom. The van der Waals surface area contributed by atoms with Crippen molar-refractivity contribution in [2.45, 2.75) is 33.4 Å². The quantitative estimate of drug-likeness (QED) is 0.452. The Hall–Kier alpha value is -2.03. The van der Waals surface area contributed by atoms with Crippen LogP contribution in [0.5, 0.6) is 5.88 Å². The van der Waals surface area contributed by atoms with Crippen LogP contribution in [0, 0.1) is 0 Å². The van der Waals surface area contributed by atoms with Crippen LogP contribution in [0.3, 0.4) is 0 Å². The lowest BCUT2D eigenvalue weighted by atomic mass is 10.2. The number of aromatic hydroxyl groups is 1. The number of nitrogens with zero attached hydrogens (tertiary/aromatic N) is 3. The summed E-state index contributed by atoms with van der Waals surface area (Å²) < 4.78 is 6.97. The van der Waals surface area contributed by atoms with Gasteiger partial charge >= 0.3 is 0 Å². The molecule has 1 atom stereocenters. The van der Waals surface area contributed by atoms with Crippen LogP contribution < -0.4 is 10.2 Å². The van der Waals surface area contributed by atoms with Crippen LogP contribution in [0.1, 0.15) is 20.8 Å². The lowest BCUT2D eigenvalue weighted by Crippen LogP contribution is -3.11. The number of quaternary nitrogens is 1. The van der Waals surface area contributed by atoms with Crippen molar-refractivity contribution < 1.29 is 14.7 Å². The maximum Gasteiger partial charge on any atom is 0.220 e. The lowest BCUT2D eigenvalue weighted by molar-refractivity contribution is -0.897. The number of methoxy groups -OCH3 is 1. The highest BCUT2D eigenvalue weighted by atomic mass is 32.1. The minimum absolute atomic E-state index is 0.0356. The molecule has 0 spiro atoms. The Bertz CT molecular complexity index is 786. The molecule has 0 radical (unpaired) electrons. The molecule has 0 bridgehead atoms. The summed E-state index contributed by atoms with van der Waals surface area (Å²) in [5.74, 6) is 0.124. The van der Waals surface area contributed by atoms with E-state index in [9.17, 15) is 5.11 Å². The summed E-state index contributed by atoms with van der Waals surface area (Å²) in [6.07, 6.45) is 0. The number of likely N-dealkylation sites (N-methyl/N-ethyl adjacent to an activating group) is 1. The van der Waals surface area contributed by atoms with Gasteiger partial charge in [0.25, 0.3) is 0 Å². The van der Waals surface area contributed by atoms with Crippen molar-refractivity contribution in [1.29, 1.82) is 0 Å². The van der Waals surface area contributed by atoms with Gasteiger partial charge in [-0.2, -0.15) is 0 Å². The Balaban J connectivity index is 2.25. The van der Waals surface area contributed by atoms with Gasteiger partial charge in [-0.3, -0.25) is 0 Å². The first-order chi connectivity index (χ1) is 13.0. The molecule has 2 rings (SSSR count). The third-order valence-corrected chi connectivity index (χ3v) is 4.83. The van der Waals surface area contributed by atoms with Crippen LogP contribution in [0.2, 0.25) is 0 Å². The van der Waals surface area contributed by atoms with Gasteiger partial charge < -0.3 is 24.6 Å². The van der Waals surface area contributed by atoms with Gasteiger partial charge in [-0.25, -0.2) is 0 Å². The van der Waals surface area contributed by atoms with E-state index < -0.39 is 0 Å². The number of hydrogen-bond donors (Lipinski definition) is 3. The van der Waals surface area contributed by atoms with Gasteiger partial charge in [-0.05, 0) is 39.1 Å². The molecular formula is C19H30N5O2S+. The number of aromatic nitrogens is 1. The van der Waals surface area contributed by atoms with E-state index in [0.29, 0.717) is 18.8 Å². The van der Waals surface area contributed by atoms with E-state index in [2.05, 4.69) is 29.4 Å². The molecule has 0 fully saturated rings. The van der Waals surface area contributed by atoms with E-state index in [1.165, 1.54) is 4.90 Å². The SMILES string of the molecule is CC[NH+](CC)CCn1c(O)c(N=NC(=S)N[C@H](C)COC)c2ccccc21. The number of thiocarbonyl (C=S) groups is 1. The zero-order valence-electron chi connectivity index (χ0n) is 16.5. The molecule has 2 aromatic rings. The third-order valence-electron chi connectivity index (χ3n) is 4.63. The number of ether oxygens (including phenoxy) is 1. The summed E-state index contributed by atoms with van der Waals surface area (Å²) >= 11 is 5.21. The Labute approximate surface area is 166 Å². The molecule has 0 aliphatic carbocycles. The molecule has 7 nitrogen and oxygen atoms in total. The fourth-order valence-corrected chi connectivity index (χ4v) is 3.34. The maximum atomic E-state index is 10.8. The van der Waals surface area contributed by atoms with E-state index in [0.717, 1.165) is 30.5 Å². The van der Waals surface area contributed by atoms with Crippen LogP contribution in [0.4, 0.5) is 5.69 Å². The maximum absolute atomic E-state index is 10.8. The highest BCUT2D eigenvalue weighted by molar-refractivity contribution is 7.80. The lowest BCUT2D eigenvalue weighted by Gasteiger charge is -2.16. The molecule has 0 saturated heterocycles. The average molecular weight is 393 g/mol. The molecule has 0 unspecified atom stereocenters. The van der Waals surface area contributed by atoms with Gasteiger partial charge in [0.2, 0.25) is 11.0 Å². The largest absolute Gasteiger partial charge is 0.493 e. The van der Waals surface area contributed by atoms with Crippen LogP contribution in [0.25, 0.3) is 10.9 Å². The van der Waals surface area contributed by atoms with E-state index in [4.69, 9.17) is 17.0 Å². The Kier molecular flexibility index (Phi) is 8.15. The van der Waals surface area contributed by atoms with Crippen molar-refractivity contribution in [3.8, 4) is 5.88 Å². The van der Waals surface area contributed by atoms with Crippen LogP contribution in [0.15, 0.2) is 34.5 Å². The molecule has 0 aliphatic heterocycles. The smallest absolute Gasteiger partial charge is 0.220 e.